The van der Waals surface area contributed by atoms with Crippen LogP contribution in [0.4, 0.5) is 5.95 Å². The minimum Gasteiger partial charge on any atom is -0.354 e. The fourth-order valence-corrected chi connectivity index (χ4v) is 3.01. The first-order valence-electron chi connectivity index (χ1n) is 9.27. The molecule has 0 aliphatic heterocycles. The van der Waals surface area contributed by atoms with Crippen molar-refractivity contribution >= 4 is 23.5 Å². The molecule has 1 heterocycles. The molecule has 0 saturated carbocycles. The molecule has 0 aliphatic rings. The predicted molar refractivity (Wildman–Crippen MR) is 113 cm³/mol. The summed E-state index contributed by atoms with van der Waals surface area (Å²) in [6.45, 7) is 2.93. The normalized spacial score (nSPS) is 10.5. The van der Waals surface area contributed by atoms with E-state index in [1.54, 1.807) is 12.1 Å². The Morgan fingerprint density at radius 3 is 2.57 bits per heavy atom. The summed E-state index contributed by atoms with van der Waals surface area (Å²) in [5.41, 5.74) is 3.24. The van der Waals surface area contributed by atoms with E-state index in [1.807, 2.05) is 43.3 Å². The molecule has 0 saturated heterocycles. The van der Waals surface area contributed by atoms with Gasteiger partial charge in [-0.1, -0.05) is 60.1 Å². The molecule has 0 atom stereocenters. The number of nitrogens with zero attached hydrogens (tertiary/aromatic N) is 2. The van der Waals surface area contributed by atoms with Crippen LogP contribution in [0.5, 0.6) is 0 Å². The van der Waals surface area contributed by atoms with Crippen molar-refractivity contribution in [1.29, 1.82) is 0 Å². The first-order valence-corrected chi connectivity index (χ1v) is 9.65. The van der Waals surface area contributed by atoms with E-state index in [0.29, 0.717) is 23.2 Å². The van der Waals surface area contributed by atoms with Gasteiger partial charge in [-0.15, -0.1) is 0 Å². The van der Waals surface area contributed by atoms with Crippen molar-refractivity contribution in [3.63, 3.8) is 0 Å². The van der Waals surface area contributed by atoms with Gasteiger partial charge in [0.15, 0.2) is 0 Å². The molecule has 1 aromatic heterocycles. The number of aromatic nitrogens is 2. The standard InChI is InChI=1S/C22H23ClN4O/c1-16-14-20(21(28)25-15-18-11-5-6-12-19(18)23)27-22(26-16)24-13-7-10-17-8-3-2-4-9-17/h2-6,8-9,11-12,14H,7,10,13,15H2,1H3,(H,25,28)(H,24,26,27). The van der Waals surface area contributed by atoms with Gasteiger partial charge in [0.25, 0.3) is 5.91 Å². The Balaban J connectivity index is 1.54. The third-order valence-corrected chi connectivity index (χ3v) is 4.62. The van der Waals surface area contributed by atoms with E-state index in [2.05, 4.69) is 32.7 Å². The number of nitrogens with one attached hydrogen (secondary N) is 2. The zero-order valence-electron chi connectivity index (χ0n) is 15.8. The minimum absolute atomic E-state index is 0.252. The first-order chi connectivity index (χ1) is 13.6. The molecule has 2 N–H and O–H groups in total. The van der Waals surface area contributed by atoms with E-state index in [4.69, 9.17) is 11.6 Å². The lowest BCUT2D eigenvalue weighted by atomic mass is 10.1. The van der Waals surface area contributed by atoms with Gasteiger partial charge in [-0.3, -0.25) is 4.79 Å². The summed E-state index contributed by atoms with van der Waals surface area (Å²) in [5, 5.41) is 6.70. The summed E-state index contributed by atoms with van der Waals surface area (Å²) in [6, 6.07) is 19.4. The molecule has 3 aromatic rings. The molecule has 2 aromatic carbocycles. The van der Waals surface area contributed by atoms with Crippen LogP contribution in [0.1, 0.15) is 33.7 Å². The topological polar surface area (TPSA) is 66.9 Å². The van der Waals surface area contributed by atoms with E-state index in [0.717, 1.165) is 30.6 Å². The lowest BCUT2D eigenvalue weighted by Gasteiger charge is -2.09. The Morgan fingerprint density at radius 1 is 1.04 bits per heavy atom. The molecule has 0 bridgehead atoms. The van der Waals surface area contributed by atoms with Gasteiger partial charge < -0.3 is 10.6 Å². The molecule has 28 heavy (non-hydrogen) atoms. The second-order valence-corrected chi connectivity index (χ2v) is 6.92. The molecule has 3 rings (SSSR count). The van der Waals surface area contributed by atoms with Gasteiger partial charge in [0, 0.05) is 23.8 Å². The Morgan fingerprint density at radius 2 is 1.79 bits per heavy atom. The number of rotatable bonds is 8. The quantitative estimate of drug-likeness (QED) is 0.555. The highest BCUT2D eigenvalue weighted by Gasteiger charge is 2.11. The first kappa shape index (κ1) is 19.8. The average molecular weight is 395 g/mol. The number of halogens is 1. The van der Waals surface area contributed by atoms with Crippen molar-refractivity contribution in [3.8, 4) is 0 Å². The van der Waals surface area contributed by atoms with Gasteiger partial charge in [-0.25, -0.2) is 9.97 Å². The molecule has 5 nitrogen and oxygen atoms in total. The fourth-order valence-electron chi connectivity index (χ4n) is 2.81. The van der Waals surface area contributed by atoms with Gasteiger partial charge in [0.2, 0.25) is 5.95 Å². The number of benzene rings is 2. The van der Waals surface area contributed by atoms with Gasteiger partial charge in [0.1, 0.15) is 5.69 Å². The van der Waals surface area contributed by atoms with Crippen molar-refractivity contribution in [2.45, 2.75) is 26.3 Å². The highest BCUT2D eigenvalue weighted by molar-refractivity contribution is 6.31. The van der Waals surface area contributed by atoms with Gasteiger partial charge in [0.05, 0.1) is 0 Å². The highest BCUT2D eigenvalue weighted by Crippen LogP contribution is 2.14. The minimum atomic E-state index is -0.252. The molecule has 0 aliphatic carbocycles. The maximum atomic E-state index is 12.5. The number of hydrogen-bond acceptors (Lipinski definition) is 4. The summed E-state index contributed by atoms with van der Waals surface area (Å²) in [4.78, 5) is 21.2. The Hall–Kier alpha value is -2.92. The number of amides is 1. The Bertz CT molecular complexity index is 931. The molecule has 0 unspecified atom stereocenters. The van der Waals surface area contributed by atoms with Crippen LogP contribution in [0.15, 0.2) is 60.7 Å². The molecule has 0 radical (unpaired) electrons. The molecule has 0 fully saturated rings. The second kappa shape index (κ2) is 9.85. The van der Waals surface area contributed by atoms with Crippen LogP contribution in [0.25, 0.3) is 0 Å². The molecular weight excluding hydrogens is 372 g/mol. The van der Waals surface area contributed by atoms with Crippen LogP contribution in [-0.2, 0) is 13.0 Å². The molecule has 0 spiro atoms. The van der Waals surface area contributed by atoms with E-state index in [1.165, 1.54) is 5.56 Å². The number of anilines is 1. The predicted octanol–water partition coefficient (Wildman–Crippen LogP) is 4.41. The van der Waals surface area contributed by atoms with Crippen molar-refractivity contribution in [2.24, 2.45) is 0 Å². The second-order valence-electron chi connectivity index (χ2n) is 6.51. The number of carbonyl (C=O) groups is 1. The highest BCUT2D eigenvalue weighted by atomic mass is 35.5. The van der Waals surface area contributed by atoms with Gasteiger partial charge in [-0.2, -0.15) is 0 Å². The SMILES string of the molecule is Cc1cc(C(=O)NCc2ccccc2Cl)nc(NCCCc2ccccc2)n1. The van der Waals surface area contributed by atoms with Crippen LogP contribution < -0.4 is 10.6 Å². The zero-order valence-corrected chi connectivity index (χ0v) is 16.5. The molecule has 1 amide bonds. The summed E-state index contributed by atoms with van der Waals surface area (Å²) in [7, 11) is 0. The van der Waals surface area contributed by atoms with Crippen molar-refractivity contribution in [3.05, 3.63) is 88.2 Å². The number of aryl methyl sites for hydroxylation is 2. The monoisotopic (exact) mass is 394 g/mol. The van der Waals surface area contributed by atoms with Gasteiger partial charge >= 0.3 is 0 Å². The third-order valence-electron chi connectivity index (χ3n) is 4.25. The zero-order chi connectivity index (χ0) is 19.8. The summed E-state index contributed by atoms with van der Waals surface area (Å²) in [6.07, 6.45) is 1.93. The maximum Gasteiger partial charge on any atom is 0.270 e. The number of carbonyl (C=O) groups excluding carboxylic acids is 1. The number of hydrogen-bond donors (Lipinski definition) is 2. The summed E-state index contributed by atoms with van der Waals surface area (Å²) >= 11 is 6.13. The largest absolute Gasteiger partial charge is 0.354 e. The Kier molecular flexibility index (Phi) is 6.98. The van der Waals surface area contributed by atoms with Gasteiger partial charge in [-0.05, 0) is 43.0 Å². The fraction of sp³-hybridized carbons (Fsp3) is 0.227. The molecule has 144 valence electrons. The smallest absolute Gasteiger partial charge is 0.270 e. The maximum absolute atomic E-state index is 12.5. The molecular formula is C22H23ClN4O. The van der Waals surface area contributed by atoms with Crippen LogP contribution in [-0.4, -0.2) is 22.4 Å². The Labute approximate surface area is 170 Å². The van der Waals surface area contributed by atoms with Crippen LogP contribution in [0, 0.1) is 6.92 Å². The summed E-state index contributed by atoms with van der Waals surface area (Å²) in [5.74, 6) is 0.216. The average Bonchev–Trinajstić information content (AvgIpc) is 2.71. The van der Waals surface area contributed by atoms with E-state index in [-0.39, 0.29) is 5.91 Å². The van der Waals surface area contributed by atoms with Crippen molar-refractivity contribution in [2.75, 3.05) is 11.9 Å². The van der Waals surface area contributed by atoms with Crippen LogP contribution >= 0.6 is 11.6 Å². The lowest BCUT2D eigenvalue weighted by Crippen LogP contribution is -2.24. The van der Waals surface area contributed by atoms with E-state index < -0.39 is 0 Å². The van der Waals surface area contributed by atoms with Crippen molar-refractivity contribution in [1.82, 2.24) is 15.3 Å². The van der Waals surface area contributed by atoms with E-state index in [9.17, 15) is 4.79 Å². The van der Waals surface area contributed by atoms with Crippen molar-refractivity contribution < 1.29 is 4.79 Å². The lowest BCUT2D eigenvalue weighted by molar-refractivity contribution is 0.0946. The van der Waals surface area contributed by atoms with Crippen LogP contribution in [0.3, 0.4) is 0 Å². The summed E-state index contributed by atoms with van der Waals surface area (Å²) < 4.78 is 0. The third kappa shape index (κ3) is 5.79. The van der Waals surface area contributed by atoms with Crippen LogP contribution in [0.2, 0.25) is 5.02 Å². The van der Waals surface area contributed by atoms with E-state index >= 15 is 0 Å². The molecule has 6 heteroatoms.